The number of hydrogen-bond donors (Lipinski definition) is 1. The van der Waals surface area contributed by atoms with Crippen molar-refractivity contribution in [1.29, 1.82) is 0 Å². The standard InChI is InChI=1S/C14H15F2NO/c1-3-17-13(14(15)16)9(2)11-5-4-10-6-7-18-12(10)8-11/h4-8,13-14,17H,2-3H2,1H3. The molecular weight excluding hydrogens is 236 g/mol. The molecular formula is C14H15F2NO. The molecule has 1 aromatic heterocycles. The zero-order valence-corrected chi connectivity index (χ0v) is 10.1. The Morgan fingerprint density at radius 1 is 1.39 bits per heavy atom. The van der Waals surface area contributed by atoms with E-state index in [4.69, 9.17) is 4.42 Å². The lowest BCUT2D eigenvalue weighted by Gasteiger charge is -2.19. The van der Waals surface area contributed by atoms with Crippen molar-refractivity contribution in [2.75, 3.05) is 6.54 Å². The SMILES string of the molecule is C=C(c1ccc2ccoc2c1)C(NCC)C(F)F. The molecule has 0 saturated carbocycles. The molecule has 0 aliphatic carbocycles. The molecule has 1 N–H and O–H groups in total. The van der Waals surface area contributed by atoms with E-state index in [1.165, 1.54) is 0 Å². The van der Waals surface area contributed by atoms with Crippen LogP contribution in [-0.4, -0.2) is 19.0 Å². The molecule has 1 aromatic carbocycles. The van der Waals surface area contributed by atoms with Crippen molar-refractivity contribution in [3.63, 3.8) is 0 Å². The first-order valence-corrected chi connectivity index (χ1v) is 5.81. The number of furan rings is 1. The van der Waals surface area contributed by atoms with Gasteiger partial charge in [0.1, 0.15) is 5.58 Å². The molecule has 0 aliphatic heterocycles. The van der Waals surface area contributed by atoms with Crippen LogP contribution >= 0.6 is 0 Å². The fraction of sp³-hybridized carbons (Fsp3) is 0.286. The van der Waals surface area contributed by atoms with Crippen molar-refractivity contribution in [3.8, 4) is 0 Å². The molecule has 0 amide bonds. The number of halogens is 2. The zero-order valence-electron chi connectivity index (χ0n) is 10.1. The molecule has 96 valence electrons. The maximum atomic E-state index is 12.9. The number of likely N-dealkylation sites (N-methyl/N-ethyl adjacent to an activating group) is 1. The molecule has 2 aromatic rings. The quantitative estimate of drug-likeness (QED) is 0.876. The van der Waals surface area contributed by atoms with Gasteiger partial charge in [0.05, 0.1) is 12.3 Å². The summed E-state index contributed by atoms with van der Waals surface area (Å²) in [4.78, 5) is 0. The smallest absolute Gasteiger partial charge is 0.257 e. The highest BCUT2D eigenvalue weighted by Crippen LogP contribution is 2.25. The van der Waals surface area contributed by atoms with E-state index in [1.54, 1.807) is 25.3 Å². The van der Waals surface area contributed by atoms with Crippen LogP contribution in [-0.2, 0) is 0 Å². The van der Waals surface area contributed by atoms with E-state index in [2.05, 4.69) is 11.9 Å². The number of benzene rings is 1. The minimum absolute atomic E-state index is 0.380. The van der Waals surface area contributed by atoms with E-state index in [9.17, 15) is 8.78 Å². The summed E-state index contributed by atoms with van der Waals surface area (Å²) in [5.74, 6) is 0. The van der Waals surface area contributed by atoms with E-state index in [0.717, 1.165) is 5.39 Å². The fourth-order valence-corrected chi connectivity index (χ4v) is 1.92. The van der Waals surface area contributed by atoms with Crippen LogP contribution < -0.4 is 5.32 Å². The van der Waals surface area contributed by atoms with Crippen molar-refractivity contribution >= 4 is 16.5 Å². The van der Waals surface area contributed by atoms with Crippen molar-refractivity contribution in [2.24, 2.45) is 0 Å². The first-order valence-electron chi connectivity index (χ1n) is 5.81. The third-order valence-corrected chi connectivity index (χ3v) is 2.88. The van der Waals surface area contributed by atoms with E-state index in [0.29, 0.717) is 23.3 Å². The first-order chi connectivity index (χ1) is 8.63. The summed E-state index contributed by atoms with van der Waals surface area (Å²) in [6.45, 7) is 6.03. The number of rotatable bonds is 5. The Kier molecular flexibility index (Phi) is 3.77. The first kappa shape index (κ1) is 12.8. The third kappa shape index (κ3) is 2.43. The Labute approximate surface area is 104 Å². The highest BCUT2D eigenvalue weighted by molar-refractivity contribution is 5.82. The largest absolute Gasteiger partial charge is 0.464 e. The molecule has 2 rings (SSSR count). The minimum atomic E-state index is -2.48. The van der Waals surface area contributed by atoms with Crippen molar-refractivity contribution in [1.82, 2.24) is 5.32 Å². The Bertz CT molecular complexity index is 547. The molecule has 0 saturated heterocycles. The second kappa shape index (κ2) is 5.31. The summed E-state index contributed by atoms with van der Waals surface area (Å²) < 4.78 is 31.1. The molecule has 4 heteroatoms. The minimum Gasteiger partial charge on any atom is -0.464 e. The van der Waals surface area contributed by atoms with Crippen molar-refractivity contribution in [3.05, 3.63) is 42.7 Å². The zero-order chi connectivity index (χ0) is 13.1. The normalized spacial score (nSPS) is 13.1. The van der Waals surface area contributed by atoms with Crippen LogP contribution in [0.2, 0.25) is 0 Å². The summed E-state index contributed by atoms with van der Waals surface area (Å²) in [6.07, 6.45) is -0.906. The molecule has 0 spiro atoms. The van der Waals surface area contributed by atoms with Crippen LogP contribution in [0, 0.1) is 0 Å². The fourth-order valence-electron chi connectivity index (χ4n) is 1.92. The van der Waals surface area contributed by atoms with Gasteiger partial charge in [-0.05, 0) is 29.8 Å². The van der Waals surface area contributed by atoms with Crippen molar-refractivity contribution in [2.45, 2.75) is 19.4 Å². The van der Waals surface area contributed by atoms with Crippen LogP contribution in [0.4, 0.5) is 8.78 Å². The van der Waals surface area contributed by atoms with Gasteiger partial charge in [-0.3, -0.25) is 0 Å². The van der Waals surface area contributed by atoms with Gasteiger partial charge in [-0.1, -0.05) is 25.6 Å². The maximum absolute atomic E-state index is 12.9. The summed E-state index contributed by atoms with van der Waals surface area (Å²) in [5.41, 5.74) is 1.73. The van der Waals surface area contributed by atoms with Crippen LogP contribution in [0.25, 0.3) is 16.5 Å². The Balaban J connectivity index is 2.30. The van der Waals surface area contributed by atoms with Gasteiger partial charge in [0, 0.05) is 5.39 Å². The summed E-state index contributed by atoms with van der Waals surface area (Å²) >= 11 is 0. The monoisotopic (exact) mass is 251 g/mol. The van der Waals surface area contributed by atoms with Gasteiger partial charge in [-0.2, -0.15) is 0 Å². The molecule has 0 radical (unpaired) electrons. The lowest BCUT2D eigenvalue weighted by molar-refractivity contribution is 0.122. The lowest BCUT2D eigenvalue weighted by Crippen LogP contribution is -2.36. The van der Waals surface area contributed by atoms with Gasteiger partial charge in [0.2, 0.25) is 0 Å². The molecule has 1 heterocycles. The number of nitrogens with one attached hydrogen (secondary N) is 1. The van der Waals surface area contributed by atoms with Crippen LogP contribution in [0.1, 0.15) is 12.5 Å². The molecule has 0 aliphatic rings. The third-order valence-electron chi connectivity index (χ3n) is 2.88. The van der Waals surface area contributed by atoms with Gasteiger partial charge in [0.15, 0.2) is 0 Å². The predicted molar refractivity (Wildman–Crippen MR) is 68.7 cm³/mol. The Morgan fingerprint density at radius 3 is 2.83 bits per heavy atom. The van der Waals surface area contributed by atoms with Crippen molar-refractivity contribution < 1.29 is 13.2 Å². The van der Waals surface area contributed by atoms with Crippen LogP contribution in [0.3, 0.4) is 0 Å². The van der Waals surface area contributed by atoms with Gasteiger partial charge in [0.25, 0.3) is 6.43 Å². The van der Waals surface area contributed by atoms with E-state index in [-0.39, 0.29) is 0 Å². The predicted octanol–water partition coefficient (Wildman–Crippen LogP) is 3.69. The second-order valence-corrected chi connectivity index (χ2v) is 4.07. The average molecular weight is 251 g/mol. The summed E-state index contributed by atoms with van der Waals surface area (Å²) in [6, 6.07) is 6.17. The summed E-state index contributed by atoms with van der Waals surface area (Å²) in [5, 5.41) is 3.69. The van der Waals surface area contributed by atoms with E-state index < -0.39 is 12.5 Å². The molecule has 1 unspecified atom stereocenters. The maximum Gasteiger partial charge on any atom is 0.257 e. The van der Waals surface area contributed by atoms with Gasteiger partial charge in [-0.15, -0.1) is 0 Å². The lowest BCUT2D eigenvalue weighted by atomic mass is 9.99. The topological polar surface area (TPSA) is 25.2 Å². The van der Waals surface area contributed by atoms with Gasteiger partial charge >= 0.3 is 0 Å². The number of hydrogen-bond acceptors (Lipinski definition) is 2. The van der Waals surface area contributed by atoms with Crippen LogP contribution in [0.5, 0.6) is 0 Å². The molecule has 1 atom stereocenters. The van der Waals surface area contributed by atoms with Crippen LogP contribution in [0.15, 0.2) is 41.5 Å². The van der Waals surface area contributed by atoms with Gasteiger partial charge in [-0.25, -0.2) is 8.78 Å². The Hall–Kier alpha value is -1.68. The second-order valence-electron chi connectivity index (χ2n) is 4.07. The molecule has 0 fully saturated rings. The summed E-state index contributed by atoms with van der Waals surface area (Å²) in [7, 11) is 0. The van der Waals surface area contributed by atoms with E-state index >= 15 is 0 Å². The number of fused-ring (bicyclic) bond motifs is 1. The molecule has 2 nitrogen and oxygen atoms in total. The average Bonchev–Trinajstić information content (AvgIpc) is 2.81. The van der Waals surface area contributed by atoms with E-state index in [1.807, 2.05) is 12.1 Å². The number of alkyl halides is 2. The highest BCUT2D eigenvalue weighted by atomic mass is 19.3. The highest BCUT2D eigenvalue weighted by Gasteiger charge is 2.23. The molecule has 18 heavy (non-hydrogen) atoms. The molecule has 0 bridgehead atoms. The Morgan fingerprint density at radius 2 is 2.17 bits per heavy atom. The van der Waals surface area contributed by atoms with Gasteiger partial charge < -0.3 is 9.73 Å².